The van der Waals surface area contributed by atoms with Gasteiger partial charge in [-0.2, -0.15) is 0 Å². The maximum atomic E-state index is 5.17. The van der Waals surface area contributed by atoms with Crippen LogP contribution in [0.3, 0.4) is 0 Å². The Hall–Kier alpha value is -1.61. The van der Waals surface area contributed by atoms with Gasteiger partial charge in [-0.15, -0.1) is 0 Å². The molecule has 78 valence electrons. The van der Waals surface area contributed by atoms with Gasteiger partial charge in [-0.3, -0.25) is 0 Å². The molecule has 1 unspecified atom stereocenters. The summed E-state index contributed by atoms with van der Waals surface area (Å²) in [5, 5.41) is 4.03. The lowest BCUT2D eigenvalue weighted by Crippen LogP contribution is -2.23. The van der Waals surface area contributed by atoms with Crippen LogP contribution in [0.5, 0.6) is 0 Å². The molecule has 1 aliphatic rings. The van der Waals surface area contributed by atoms with Gasteiger partial charge < -0.3 is 9.57 Å². The molecule has 15 heavy (non-hydrogen) atoms. The first kappa shape index (κ1) is 9.93. The van der Waals surface area contributed by atoms with Crippen LogP contribution in [-0.2, 0) is 9.57 Å². The normalized spacial score (nSPS) is 20.7. The van der Waals surface area contributed by atoms with E-state index in [1.165, 1.54) is 0 Å². The molecule has 0 spiro atoms. The van der Waals surface area contributed by atoms with Crippen LogP contribution >= 0.6 is 0 Å². The van der Waals surface area contributed by atoms with Gasteiger partial charge in [0, 0.05) is 13.5 Å². The molecule has 0 saturated carbocycles. The van der Waals surface area contributed by atoms with Gasteiger partial charge in [0.05, 0.1) is 5.71 Å². The molecule has 0 fully saturated rings. The van der Waals surface area contributed by atoms with Crippen molar-refractivity contribution >= 4 is 5.71 Å². The maximum Gasteiger partial charge on any atom is 0.248 e. The number of hydrogen-bond donors (Lipinski definition) is 0. The van der Waals surface area contributed by atoms with Crippen LogP contribution in [0.25, 0.3) is 0 Å². The van der Waals surface area contributed by atoms with Gasteiger partial charge in [-0.1, -0.05) is 42.1 Å². The zero-order valence-corrected chi connectivity index (χ0v) is 8.64. The Morgan fingerprint density at radius 1 is 1.40 bits per heavy atom. The fourth-order valence-corrected chi connectivity index (χ4v) is 1.51. The Labute approximate surface area is 89.0 Å². The quantitative estimate of drug-likeness (QED) is 0.691. The molecule has 3 heteroatoms. The molecule has 0 N–H and O–H groups in total. The summed E-state index contributed by atoms with van der Waals surface area (Å²) < 4.78 is 5.06. The van der Waals surface area contributed by atoms with Gasteiger partial charge in [-0.25, -0.2) is 0 Å². The molecule has 2 rings (SSSR count). The summed E-state index contributed by atoms with van der Waals surface area (Å²) in [4.78, 5) is 5.17. The Morgan fingerprint density at radius 2 is 2.13 bits per heavy atom. The Kier molecular flexibility index (Phi) is 2.83. The van der Waals surface area contributed by atoms with E-state index in [0.717, 1.165) is 16.8 Å². The van der Waals surface area contributed by atoms with Crippen LogP contribution in [0, 0.1) is 0 Å². The van der Waals surface area contributed by atoms with E-state index in [0.29, 0.717) is 6.42 Å². The van der Waals surface area contributed by atoms with Crippen molar-refractivity contribution in [3.8, 4) is 0 Å². The van der Waals surface area contributed by atoms with Crippen LogP contribution in [0.4, 0.5) is 0 Å². The molecule has 1 aromatic rings. The summed E-state index contributed by atoms with van der Waals surface area (Å²) in [7, 11) is 1.58. The first-order valence-electron chi connectivity index (χ1n) is 4.80. The summed E-state index contributed by atoms with van der Waals surface area (Å²) in [6, 6.07) is 9.93. The van der Waals surface area contributed by atoms with E-state index in [9.17, 15) is 0 Å². The number of rotatable bonds is 2. The van der Waals surface area contributed by atoms with Crippen LogP contribution in [0.2, 0.25) is 0 Å². The highest BCUT2D eigenvalue weighted by atomic mass is 16.8. The van der Waals surface area contributed by atoms with Crippen molar-refractivity contribution in [2.24, 2.45) is 5.16 Å². The lowest BCUT2D eigenvalue weighted by molar-refractivity contribution is -0.102. The zero-order valence-electron chi connectivity index (χ0n) is 8.64. The van der Waals surface area contributed by atoms with E-state index in [-0.39, 0.29) is 0 Å². The fourth-order valence-electron chi connectivity index (χ4n) is 1.51. The second-order valence-corrected chi connectivity index (χ2v) is 3.41. The van der Waals surface area contributed by atoms with Gasteiger partial charge in [0.15, 0.2) is 0 Å². The van der Waals surface area contributed by atoms with Gasteiger partial charge in [0.2, 0.25) is 6.29 Å². The molecule has 0 radical (unpaired) electrons. The number of hydrogen-bond acceptors (Lipinski definition) is 3. The van der Waals surface area contributed by atoms with Gasteiger partial charge >= 0.3 is 0 Å². The predicted molar refractivity (Wildman–Crippen MR) is 58.6 cm³/mol. The Bertz CT molecular complexity index is 384. The molecule has 0 bridgehead atoms. The number of ether oxygens (including phenoxy) is 1. The molecule has 0 amide bonds. The van der Waals surface area contributed by atoms with Crippen molar-refractivity contribution in [3.63, 3.8) is 0 Å². The minimum absolute atomic E-state index is 0.405. The molecule has 0 aliphatic carbocycles. The third-order valence-electron chi connectivity index (χ3n) is 2.31. The van der Waals surface area contributed by atoms with Gasteiger partial charge in [0.1, 0.15) is 0 Å². The fraction of sp³-hybridized carbons (Fsp3) is 0.250. The average molecular weight is 203 g/mol. The third kappa shape index (κ3) is 2.07. The van der Waals surface area contributed by atoms with Crippen LogP contribution in [0.1, 0.15) is 12.0 Å². The van der Waals surface area contributed by atoms with E-state index in [1.54, 1.807) is 7.11 Å². The van der Waals surface area contributed by atoms with Crippen LogP contribution in [0.15, 0.2) is 47.6 Å². The molecule has 1 aromatic carbocycles. The summed E-state index contributed by atoms with van der Waals surface area (Å²) in [6.45, 7) is 3.91. The van der Waals surface area contributed by atoms with E-state index in [1.807, 2.05) is 30.3 Å². The molecule has 1 atom stereocenters. The molecule has 1 aliphatic heterocycles. The van der Waals surface area contributed by atoms with Crippen molar-refractivity contribution in [2.45, 2.75) is 12.7 Å². The third-order valence-corrected chi connectivity index (χ3v) is 2.31. The highest BCUT2D eigenvalue weighted by molar-refractivity contribution is 6.01. The summed E-state index contributed by atoms with van der Waals surface area (Å²) in [5.41, 5.74) is 2.86. The van der Waals surface area contributed by atoms with Gasteiger partial charge in [-0.05, 0) is 11.1 Å². The Morgan fingerprint density at radius 3 is 2.73 bits per heavy atom. The monoisotopic (exact) mass is 203 g/mol. The maximum absolute atomic E-state index is 5.17. The number of methoxy groups -OCH3 is 1. The van der Waals surface area contributed by atoms with Crippen LogP contribution < -0.4 is 0 Å². The van der Waals surface area contributed by atoms with E-state index >= 15 is 0 Å². The second kappa shape index (κ2) is 4.28. The molecular weight excluding hydrogens is 190 g/mol. The van der Waals surface area contributed by atoms with Crippen molar-refractivity contribution < 1.29 is 9.57 Å². The molecule has 1 heterocycles. The lowest BCUT2D eigenvalue weighted by Gasteiger charge is -2.21. The minimum atomic E-state index is -0.405. The average Bonchev–Trinajstić information content (AvgIpc) is 2.30. The smallest absolute Gasteiger partial charge is 0.248 e. The highest BCUT2D eigenvalue weighted by Crippen LogP contribution is 2.20. The first-order valence-corrected chi connectivity index (χ1v) is 4.80. The first-order chi connectivity index (χ1) is 7.31. The van der Waals surface area contributed by atoms with Gasteiger partial charge in [0.25, 0.3) is 0 Å². The van der Waals surface area contributed by atoms with E-state index < -0.39 is 6.29 Å². The van der Waals surface area contributed by atoms with E-state index in [2.05, 4.69) is 11.7 Å². The lowest BCUT2D eigenvalue weighted by atomic mass is 10.0. The second-order valence-electron chi connectivity index (χ2n) is 3.41. The molecular formula is C12H13NO2. The minimum Gasteiger partial charge on any atom is -0.359 e. The molecule has 0 aromatic heterocycles. The van der Waals surface area contributed by atoms with E-state index in [4.69, 9.17) is 9.57 Å². The van der Waals surface area contributed by atoms with Crippen molar-refractivity contribution in [1.82, 2.24) is 0 Å². The van der Waals surface area contributed by atoms with Crippen LogP contribution in [-0.4, -0.2) is 19.1 Å². The summed E-state index contributed by atoms with van der Waals surface area (Å²) >= 11 is 0. The topological polar surface area (TPSA) is 30.8 Å². The largest absolute Gasteiger partial charge is 0.359 e. The zero-order chi connectivity index (χ0) is 10.7. The number of nitrogens with zero attached hydrogens (tertiary/aromatic N) is 1. The predicted octanol–water partition coefficient (Wildman–Crippen LogP) is 2.34. The number of oxime groups is 1. The van der Waals surface area contributed by atoms with Crippen molar-refractivity contribution in [2.75, 3.05) is 7.11 Å². The standard InChI is InChI=1S/C12H13NO2/c1-9-8-11(13-15-12(9)14-2)10-6-4-3-5-7-10/h3-7,12H,1,8H2,2H3. The SMILES string of the molecule is C=C1CC(c2ccccc2)=NOC1OC. The number of benzene rings is 1. The summed E-state index contributed by atoms with van der Waals surface area (Å²) in [6.07, 6.45) is 0.292. The molecule has 3 nitrogen and oxygen atoms in total. The van der Waals surface area contributed by atoms with Crippen molar-refractivity contribution in [3.05, 3.63) is 48.0 Å². The molecule has 0 saturated heterocycles. The van der Waals surface area contributed by atoms with Crippen molar-refractivity contribution in [1.29, 1.82) is 0 Å². The highest BCUT2D eigenvalue weighted by Gasteiger charge is 2.21. The Balaban J connectivity index is 2.20. The summed E-state index contributed by atoms with van der Waals surface area (Å²) in [5.74, 6) is 0.